The molecule has 4 aromatic rings. The van der Waals surface area contributed by atoms with Gasteiger partial charge in [-0.25, -0.2) is 4.68 Å². The number of aryl methyl sites for hydroxylation is 1. The summed E-state index contributed by atoms with van der Waals surface area (Å²) in [5.74, 6) is 0.880. The Morgan fingerprint density at radius 1 is 1.02 bits per heavy atom. The summed E-state index contributed by atoms with van der Waals surface area (Å²) in [6, 6.07) is 16.5. The third-order valence-corrected chi connectivity index (χ3v) is 12.4. The van der Waals surface area contributed by atoms with Crippen molar-refractivity contribution >= 4 is 19.2 Å². The molecule has 1 aliphatic rings. The lowest BCUT2D eigenvalue weighted by molar-refractivity contribution is 0.0382. The molecule has 0 radical (unpaired) electrons. The SMILES string of the molecule is CC(C)(C)[Si](C)(C)Oc1ccc2c(c1)c(-c1cnn(CCCOCCCOCc3ccccc3)c1)nn2C1NCCO1. The van der Waals surface area contributed by atoms with E-state index in [1.54, 1.807) is 0 Å². The van der Waals surface area contributed by atoms with Gasteiger partial charge < -0.3 is 18.6 Å². The van der Waals surface area contributed by atoms with E-state index >= 15 is 0 Å². The van der Waals surface area contributed by atoms with Crippen molar-refractivity contribution in [3.8, 4) is 17.0 Å². The van der Waals surface area contributed by atoms with Gasteiger partial charge in [0.25, 0.3) is 0 Å². The minimum Gasteiger partial charge on any atom is -0.543 e. The average Bonchev–Trinajstić information content (AvgIpc) is 3.72. The van der Waals surface area contributed by atoms with E-state index in [1.807, 2.05) is 33.8 Å². The Morgan fingerprint density at radius 3 is 2.57 bits per heavy atom. The molecule has 3 heterocycles. The van der Waals surface area contributed by atoms with Gasteiger partial charge in [-0.2, -0.15) is 10.2 Å². The van der Waals surface area contributed by atoms with Gasteiger partial charge in [0.05, 0.1) is 24.9 Å². The molecular weight excluding hydrogens is 546 g/mol. The van der Waals surface area contributed by atoms with E-state index < -0.39 is 8.32 Å². The first-order valence-corrected chi connectivity index (χ1v) is 17.9. The van der Waals surface area contributed by atoms with Crippen molar-refractivity contribution in [3.05, 3.63) is 66.5 Å². The minimum atomic E-state index is -1.99. The van der Waals surface area contributed by atoms with Gasteiger partial charge in [-0.05, 0) is 54.7 Å². The molecule has 1 fully saturated rings. The standard InChI is InChI=1S/C32H45N5O4Si/c1-32(2,3)42(4,5)41-27-13-14-29-28(21-27)30(35-37(29)31-33-15-20-40-31)26-22-34-36(23-26)16-9-17-38-18-10-19-39-24-25-11-7-6-8-12-25/h6-8,11-14,21-23,31,33H,9-10,15-20,24H2,1-5H3. The van der Waals surface area contributed by atoms with E-state index in [4.69, 9.17) is 23.7 Å². The van der Waals surface area contributed by atoms with Crippen LogP contribution in [0.1, 0.15) is 45.5 Å². The van der Waals surface area contributed by atoms with Gasteiger partial charge in [-0.3, -0.25) is 10.00 Å². The summed E-state index contributed by atoms with van der Waals surface area (Å²) in [4.78, 5) is 0. The van der Waals surface area contributed by atoms with E-state index in [2.05, 4.69) is 80.8 Å². The van der Waals surface area contributed by atoms with Gasteiger partial charge in [0.2, 0.25) is 14.7 Å². The molecule has 0 aliphatic carbocycles. The largest absolute Gasteiger partial charge is 0.543 e. The second kappa shape index (κ2) is 13.5. The van der Waals surface area contributed by atoms with Crippen molar-refractivity contribution in [1.29, 1.82) is 0 Å². The fourth-order valence-electron chi connectivity index (χ4n) is 4.66. The molecule has 0 bridgehead atoms. The number of aromatic nitrogens is 4. The number of nitrogens with one attached hydrogen (secondary N) is 1. The number of fused-ring (bicyclic) bond motifs is 1. The molecule has 1 atom stereocenters. The molecule has 226 valence electrons. The van der Waals surface area contributed by atoms with Gasteiger partial charge in [-0.15, -0.1) is 0 Å². The molecule has 2 aromatic carbocycles. The molecular formula is C32H45N5O4Si. The normalized spacial score (nSPS) is 16.0. The summed E-state index contributed by atoms with van der Waals surface area (Å²) in [5.41, 5.74) is 4.04. The van der Waals surface area contributed by atoms with Gasteiger partial charge in [0.1, 0.15) is 11.4 Å². The van der Waals surface area contributed by atoms with Gasteiger partial charge in [-0.1, -0.05) is 51.1 Å². The predicted molar refractivity (Wildman–Crippen MR) is 168 cm³/mol. The summed E-state index contributed by atoms with van der Waals surface area (Å²) in [6.45, 7) is 16.3. The summed E-state index contributed by atoms with van der Waals surface area (Å²) in [5, 5.41) is 14.1. The zero-order chi connectivity index (χ0) is 29.6. The molecule has 1 aliphatic heterocycles. The topological polar surface area (TPSA) is 84.6 Å². The third kappa shape index (κ3) is 7.48. The third-order valence-electron chi connectivity index (χ3n) is 8.05. The molecule has 1 unspecified atom stereocenters. The van der Waals surface area contributed by atoms with Crippen LogP contribution >= 0.6 is 0 Å². The zero-order valence-corrected chi connectivity index (χ0v) is 26.6. The van der Waals surface area contributed by atoms with Crippen molar-refractivity contribution in [2.24, 2.45) is 0 Å². The summed E-state index contributed by atoms with van der Waals surface area (Å²) < 4.78 is 28.0. The highest BCUT2D eigenvalue weighted by Gasteiger charge is 2.39. The Hall–Kier alpha value is -3.02. The first-order chi connectivity index (χ1) is 20.2. The maximum atomic E-state index is 6.64. The molecule has 9 nitrogen and oxygen atoms in total. The number of hydrogen-bond acceptors (Lipinski definition) is 7. The van der Waals surface area contributed by atoms with Crippen molar-refractivity contribution in [2.75, 3.05) is 33.0 Å². The van der Waals surface area contributed by atoms with Gasteiger partial charge in [0, 0.05) is 50.1 Å². The Kier molecular flexibility index (Phi) is 9.80. The molecule has 2 aromatic heterocycles. The number of rotatable bonds is 14. The maximum absolute atomic E-state index is 6.64. The van der Waals surface area contributed by atoms with E-state index in [1.165, 1.54) is 5.56 Å². The van der Waals surface area contributed by atoms with Crippen molar-refractivity contribution < 1.29 is 18.6 Å². The first-order valence-electron chi connectivity index (χ1n) is 15.0. The minimum absolute atomic E-state index is 0.109. The Morgan fingerprint density at radius 2 is 1.81 bits per heavy atom. The molecule has 1 saturated heterocycles. The Labute approximate surface area is 250 Å². The number of ether oxygens (including phenoxy) is 3. The van der Waals surface area contributed by atoms with Crippen LogP contribution in [0.5, 0.6) is 5.75 Å². The number of hydrogen-bond donors (Lipinski definition) is 1. The highest BCUT2D eigenvalue weighted by atomic mass is 28.4. The van der Waals surface area contributed by atoms with Crippen LogP contribution in [0.15, 0.2) is 60.9 Å². The van der Waals surface area contributed by atoms with Crippen LogP contribution in [-0.2, 0) is 27.4 Å². The lowest BCUT2D eigenvalue weighted by Crippen LogP contribution is -2.43. The van der Waals surface area contributed by atoms with E-state index in [0.29, 0.717) is 33.0 Å². The van der Waals surface area contributed by atoms with Crippen LogP contribution in [-0.4, -0.2) is 60.9 Å². The molecule has 0 spiro atoms. The lowest BCUT2D eigenvalue weighted by Gasteiger charge is -2.36. The van der Waals surface area contributed by atoms with Gasteiger partial charge in [0.15, 0.2) is 0 Å². The quantitative estimate of drug-likeness (QED) is 0.135. The first kappa shape index (κ1) is 30.4. The second-order valence-corrected chi connectivity index (χ2v) is 17.1. The van der Waals surface area contributed by atoms with Crippen LogP contribution in [0, 0.1) is 0 Å². The fraction of sp³-hybridized carbons (Fsp3) is 0.500. The summed E-state index contributed by atoms with van der Waals surface area (Å²) >= 11 is 0. The average molecular weight is 592 g/mol. The van der Waals surface area contributed by atoms with E-state index in [9.17, 15) is 0 Å². The predicted octanol–water partition coefficient (Wildman–Crippen LogP) is 6.37. The molecule has 42 heavy (non-hydrogen) atoms. The van der Waals surface area contributed by atoms with Crippen molar-refractivity contribution in [3.63, 3.8) is 0 Å². The lowest BCUT2D eigenvalue weighted by atomic mass is 10.1. The number of benzene rings is 2. The molecule has 10 heteroatoms. The molecule has 1 N–H and O–H groups in total. The number of nitrogens with zero attached hydrogens (tertiary/aromatic N) is 4. The highest BCUT2D eigenvalue weighted by molar-refractivity contribution is 6.74. The van der Waals surface area contributed by atoms with Gasteiger partial charge >= 0.3 is 0 Å². The van der Waals surface area contributed by atoms with Crippen LogP contribution in [0.4, 0.5) is 0 Å². The van der Waals surface area contributed by atoms with E-state index in [-0.39, 0.29) is 11.4 Å². The van der Waals surface area contributed by atoms with Crippen molar-refractivity contribution in [1.82, 2.24) is 24.9 Å². The molecule has 5 rings (SSSR count). The summed E-state index contributed by atoms with van der Waals surface area (Å²) in [6.07, 6.45) is 5.43. The van der Waals surface area contributed by atoms with Crippen LogP contribution < -0.4 is 9.74 Å². The zero-order valence-electron chi connectivity index (χ0n) is 25.6. The summed E-state index contributed by atoms with van der Waals surface area (Å²) in [7, 11) is -1.99. The van der Waals surface area contributed by atoms with Crippen molar-refractivity contribution in [2.45, 2.75) is 71.2 Å². The highest BCUT2D eigenvalue weighted by Crippen LogP contribution is 2.39. The second-order valence-electron chi connectivity index (χ2n) is 12.4. The van der Waals surface area contributed by atoms with Crippen LogP contribution in [0.3, 0.4) is 0 Å². The Balaban J connectivity index is 1.18. The van der Waals surface area contributed by atoms with Crippen LogP contribution in [0.25, 0.3) is 22.2 Å². The fourth-order valence-corrected chi connectivity index (χ4v) is 5.68. The Bertz CT molecular complexity index is 1420. The molecule has 0 amide bonds. The van der Waals surface area contributed by atoms with E-state index in [0.717, 1.165) is 53.8 Å². The smallest absolute Gasteiger partial charge is 0.250 e. The molecule has 0 saturated carbocycles. The van der Waals surface area contributed by atoms with Crippen LogP contribution in [0.2, 0.25) is 18.1 Å². The monoisotopic (exact) mass is 591 g/mol. The maximum Gasteiger partial charge on any atom is 0.250 e.